The van der Waals surface area contributed by atoms with E-state index in [1.54, 1.807) is 0 Å². The monoisotopic (exact) mass is 314 g/mol. The molecule has 4 nitrogen and oxygen atoms in total. The molecular formula is C18H34O4. The Labute approximate surface area is 135 Å². The first-order chi connectivity index (χ1) is 10.2. The van der Waals surface area contributed by atoms with Crippen LogP contribution in [0.1, 0.15) is 80.6 Å². The molecule has 0 aliphatic carbocycles. The molecule has 4 heteroatoms. The molecule has 22 heavy (non-hydrogen) atoms. The first-order valence-corrected chi connectivity index (χ1v) is 8.63. The summed E-state index contributed by atoms with van der Waals surface area (Å²) in [5.41, 5.74) is 0. The molecule has 0 aliphatic heterocycles. The van der Waals surface area contributed by atoms with E-state index >= 15 is 0 Å². The molecule has 130 valence electrons. The number of carbonyl (C=O) groups excluding carboxylic acids is 2. The van der Waals surface area contributed by atoms with Crippen molar-refractivity contribution in [2.75, 3.05) is 0 Å². The average molecular weight is 314 g/mol. The normalized spacial score (nSPS) is 15.5. The number of ether oxygens (including phenoxy) is 2. The first-order valence-electron chi connectivity index (χ1n) is 8.63. The van der Waals surface area contributed by atoms with Crippen molar-refractivity contribution in [3.63, 3.8) is 0 Å². The lowest BCUT2D eigenvalue weighted by molar-refractivity contribution is -0.252. The molecule has 0 spiro atoms. The van der Waals surface area contributed by atoms with Crippen LogP contribution in [0.15, 0.2) is 0 Å². The van der Waals surface area contributed by atoms with Crippen molar-refractivity contribution >= 4 is 11.9 Å². The molecule has 0 aromatic heterocycles. The number of hydrogen-bond acceptors (Lipinski definition) is 4. The fourth-order valence-corrected chi connectivity index (χ4v) is 2.15. The maximum atomic E-state index is 12.3. The SMILES string of the molecule is CCCCC(=O)OC(CC(C)C)(OC(=O)C(C)CC)C(C)C. The summed E-state index contributed by atoms with van der Waals surface area (Å²) >= 11 is 0. The van der Waals surface area contributed by atoms with E-state index in [0.29, 0.717) is 19.3 Å². The second-order valence-corrected chi connectivity index (χ2v) is 6.87. The molecule has 0 radical (unpaired) electrons. The number of esters is 2. The third kappa shape index (κ3) is 6.80. The molecule has 0 aromatic rings. The molecule has 2 unspecified atom stereocenters. The van der Waals surface area contributed by atoms with Crippen LogP contribution < -0.4 is 0 Å². The van der Waals surface area contributed by atoms with Crippen molar-refractivity contribution in [3.05, 3.63) is 0 Å². The van der Waals surface area contributed by atoms with Gasteiger partial charge in [0.15, 0.2) is 0 Å². The van der Waals surface area contributed by atoms with Crippen LogP contribution in [0.4, 0.5) is 0 Å². The van der Waals surface area contributed by atoms with E-state index in [0.717, 1.165) is 12.8 Å². The summed E-state index contributed by atoms with van der Waals surface area (Å²) in [5, 5.41) is 0. The highest BCUT2D eigenvalue weighted by atomic mass is 16.7. The highest BCUT2D eigenvalue weighted by Gasteiger charge is 2.43. The second-order valence-electron chi connectivity index (χ2n) is 6.87. The zero-order valence-electron chi connectivity index (χ0n) is 15.4. The smallest absolute Gasteiger partial charge is 0.311 e. The fraction of sp³-hybridized carbons (Fsp3) is 0.889. The topological polar surface area (TPSA) is 52.6 Å². The summed E-state index contributed by atoms with van der Waals surface area (Å²) in [6.07, 6.45) is 3.31. The predicted molar refractivity (Wildman–Crippen MR) is 88.2 cm³/mol. The minimum absolute atomic E-state index is 0.0894. The molecule has 0 saturated heterocycles. The lowest BCUT2D eigenvalue weighted by atomic mass is 9.92. The van der Waals surface area contributed by atoms with Gasteiger partial charge in [-0.3, -0.25) is 9.59 Å². The Balaban J connectivity index is 5.24. The molecule has 0 bridgehead atoms. The van der Waals surface area contributed by atoms with Crippen LogP contribution in [0.2, 0.25) is 0 Å². The van der Waals surface area contributed by atoms with Gasteiger partial charge in [-0.15, -0.1) is 0 Å². The summed E-state index contributed by atoms with van der Waals surface area (Å²) in [6, 6.07) is 0. The van der Waals surface area contributed by atoms with Gasteiger partial charge in [-0.2, -0.15) is 0 Å². The van der Waals surface area contributed by atoms with E-state index < -0.39 is 5.79 Å². The molecule has 2 atom stereocenters. The van der Waals surface area contributed by atoms with Crippen LogP contribution in [-0.4, -0.2) is 17.7 Å². The maximum absolute atomic E-state index is 12.3. The zero-order chi connectivity index (χ0) is 17.3. The Morgan fingerprint density at radius 1 is 1.00 bits per heavy atom. The molecule has 0 rings (SSSR count). The van der Waals surface area contributed by atoms with Crippen molar-refractivity contribution in [1.82, 2.24) is 0 Å². The largest absolute Gasteiger partial charge is 0.422 e. The van der Waals surface area contributed by atoms with E-state index in [1.165, 1.54) is 0 Å². The summed E-state index contributed by atoms with van der Waals surface area (Å²) < 4.78 is 11.4. The Kier molecular flexibility index (Phi) is 9.38. The van der Waals surface area contributed by atoms with Crippen molar-refractivity contribution < 1.29 is 19.1 Å². The first kappa shape index (κ1) is 20.9. The lowest BCUT2D eigenvalue weighted by Crippen LogP contribution is -2.46. The van der Waals surface area contributed by atoms with E-state index in [1.807, 2.05) is 48.5 Å². The molecule has 0 aromatic carbocycles. The maximum Gasteiger partial charge on any atom is 0.311 e. The number of rotatable bonds is 10. The zero-order valence-corrected chi connectivity index (χ0v) is 15.4. The van der Waals surface area contributed by atoms with Crippen LogP contribution in [0.25, 0.3) is 0 Å². The summed E-state index contributed by atoms with van der Waals surface area (Å²) in [6.45, 7) is 13.7. The van der Waals surface area contributed by atoms with Gasteiger partial charge in [0.2, 0.25) is 0 Å². The Bertz CT molecular complexity index is 349. The van der Waals surface area contributed by atoms with Crippen molar-refractivity contribution in [3.8, 4) is 0 Å². The molecular weight excluding hydrogens is 280 g/mol. The van der Waals surface area contributed by atoms with Gasteiger partial charge in [-0.1, -0.05) is 54.9 Å². The molecule has 0 amide bonds. The summed E-state index contributed by atoms with van der Waals surface area (Å²) in [4.78, 5) is 24.4. The fourth-order valence-electron chi connectivity index (χ4n) is 2.15. The standard InChI is InChI=1S/C18H34O4/c1-8-10-11-16(19)21-18(14(5)6,12-13(3)4)22-17(20)15(7)9-2/h13-15H,8-12H2,1-7H3. The molecule has 0 saturated carbocycles. The Hall–Kier alpha value is -1.06. The lowest BCUT2D eigenvalue weighted by Gasteiger charge is -2.38. The van der Waals surface area contributed by atoms with Crippen LogP contribution in [-0.2, 0) is 19.1 Å². The van der Waals surface area contributed by atoms with Gasteiger partial charge in [0, 0.05) is 18.8 Å². The second kappa shape index (κ2) is 9.86. The van der Waals surface area contributed by atoms with Crippen LogP contribution >= 0.6 is 0 Å². The third-order valence-corrected chi connectivity index (χ3v) is 3.88. The number of unbranched alkanes of at least 4 members (excludes halogenated alkanes) is 1. The van der Waals surface area contributed by atoms with Crippen molar-refractivity contribution in [2.45, 2.75) is 86.4 Å². The Morgan fingerprint density at radius 3 is 2.00 bits per heavy atom. The predicted octanol–water partition coefficient (Wildman–Crippen LogP) is 4.71. The van der Waals surface area contributed by atoms with Gasteiger partial charge in [0.1, 0.15) is 0 Å². The molecule has 0 heterocycles. The van der Waals surface area contributed by atoms with E-state index in [9.17, 15) is 9.59 Å². The van der Waals surface area contributed by atoms with Crippen LogP contribution in [0.3, 0.4) is 0 Å². The van der Waals surface area contributed by atoms with Gasteiger partial charge in [0.25, 0.3) is 5.79 Å². The number of hydrogen-bond donors (Lipinski definition) is 0. The number of carbonyl (C=O) groups is 2. The molecule has 0 N–H and O–H groups in total. The minimum Gasteiger partial charge on any atom is -0.422 e. The van der Waals surface area contributed by atoms with Crippen LogP contribution in [0, 0.1) is 17.8 Å². The van der Waals surface area contributed by atoms with Gasteiger partial charge in [-0.25, -0.2) is 0 Å². The van der Waals surface area contributed by atoms with Gasteiger partial charge in [0.05, 0.1) is 5.92 Å². The van der Waals surface area contributed by atoms with Gasteiger partial charge in [-0.05, 0) is 18.8 Å². The quantitative estimate of drug-likeness (QED) is 0.433. The van der Waals surface area contributed by atoms with Crippen molar-refractivity contribution in [1.29, 1.82) is 0 Å². The van der Waals surface area contributed by atoms with Gasteiger partial charge >= 0.3 is 11.9 Å². The molecule has 0 fully saturated rings. The molecule has 0 aliphatic rings. The summed E-state index contributed by atoms with van der Waals surface area (Å²) in [5.74, 6) is -1.76. The minimum atomic E-state index is -1.15. The highest BCUT2D eigenvalue weighted by molar-refractivity contribution is 5.73. The van der Waals surface area contributed by atoms with Gasteiger partial charge < -0.3 is 9.47 Å². The Morgan fingerprint density at radius 2 is 1.59 bits per heavy atom. The van der Waals surface area contributed by atoms with E-state index in [4.69, 9.17) is 9.47 Å². The summed E-state index contributed by atoms with van der Waals surface area (Å²) in [7, 11) is 0. The van der Waals surface area contributed by atoms with Crippen LogP contribution in [0.5, 0.6) is 0 Å². The van der Waals surface area contributed by atoms with E-state index in [-0.39, 0.29) is 29.7 Å². The third-order valence-electron chi connectivity index (χ3n) is 3.88. The highest BCUT2D eigenvalue weighted by Crippen LogP contribution is 2.33. The van der Waals surface area contributed by atoms with Crippen molar-refractivity contribution in [2.24, 2.45) is 17.8 Å². The van der Waals surface area contributed by atoms with E-state index in [2.05, 4.69) is 0 Å². The average Bonchev–Trinajstić information content (AvgIpc) is 2.42.